The third-order valence-corrected chi connectivity index (χ3v) is 4.72. The molecule has 0 aliphatic heterocycles. The van der Waals surface area contributed by atoms with E-state index in [-0.39, 0.29) is 11.6 Å². The van der Waals surface area contributed by atoms with Gasteiger partial charge in [-0.3, -0.25) is 0 Å². The number of carbonyl (C=O) groups is 2. The summed E-state index contributed by atoms with van der Waals surface area (Å²) < 4.78 is 0. The first kappa shape index (κ1) is 17.9. The molecule has 1 unspecified atom stereocenters. The third kappa shape index (κ3) is 4.03. The maximum Gasteiger partial charge on any atom is 0.335 e. The number of nitrogens with zero attached hydrogens (tertiary/aromatic N) is 1. The number of urea groups is 1. The summed E-state index contributed by atoms with van der Waals surface area (Å²) in [6, 6.07) is 12.7. The Morgan fingerprint density at radius 1 is 1.15 bits per heavy atom. The van der Waals surface area contributed by atoms with E-state index in [0.717, 1.165) is 24.1 Å². The molecule has 1 aliphatic rings. The van der Waals surface area contributed by atoms with Crippen molar-refractivity contribution in [2.45, 2.75) is 25.4 Å². The Morgan fingerprint density at radius 2 is 1.88 bits per heavy atom. The molecule has 136 valence electrons. The normalized spacial score (nSPS) is 15.6. The maximum atomic E-state index is 12.1. The number of fused-ring (bicyclic) bond motifs is 1. The summed E-state index contributed by atoms with van der Waals surface area (Å²) in [6.07, 6.45) is 2.12. The first-order chi connectivity index (χ1) is 12.4. The predicted molar refractivity (Wildman–Crippen MR) is 100 cm³/mol. The zero-order chi connectivity index (χ0) is 18.7. The largest absolute Gasteiger partial charge is 0.478 e. The van der Waals surface area contributed by atoms with Crippen molar-refractivity contribution in [3.63, 3.8) is 0 Å². The molecule has 2 aromatic rings. The summed E-state index contributed by atoms with van der Waals surface area (Å²) in [5.41, 5.74) is 4.47. The highest BCUT2D eigenvalue weighted by Gasteiger charge is 2.24. The van der Waals surface area contributed by atoms with Gasteiger partial charge in [0.15, 0.2) is 0 Å². The van der Waals surface area contributed by atoms with Gasteiger partial charge in [-0.2, -0.15) is 0 Å². The molecule has 0 heterocycles. The van der Waals surface area contributed by atoms with Crippen LogP contribution in [0.5, 0.6) is 0 Å². The van der Waals surface area contributed by atoms with Gasteiger partial charge in [0.25, 0.3) is 0 Å². The molecule has 0 saturated heterocycles. The second-order valence-electron chi connectivity index (χ2n) is 6.74. The van der Waals surface area contributed by atoms with Crippen molar-refractivity contribution in [2.75, 3.05) is 19.4 Å². The van der Waals surface area contributed by atoms with E-state index < -0.39 is 5.97 Å². The second-order valence-corrected chi connectivity index (χ2v) is 6.74. The smallest absolute Gasteiger partial charge is 0.335 e. The zero-order valence-electron chi connectivity index (χ0n) is 15.0. The van der Waals surface area contributed by atoms with E-state index >= 15 is 0 Å². The van der Waals surface area contributed by atoms with E-state index in [9.17, 15) is 9.59 Å². The molecule has 6 heteroatoms. The Labute approximate surface area is 152 Å². The molecule has 1 aliphatic carbocycles. The number of amides is 2. The fraction of sp³-hybridized carbons (Fsp3) is 0.300. The van der Waals surface area contributed by atoms with Crippen molar-refractivity contribution in [3.05, 3.63) is 64.7 Å². The third-order valence-electron chi connectivity index (χ3n) is 4.72. The first-order valence-corrected chi connectivity index (χ1v) is 8.60. The second kappa shape index (κ2) is 7.58. The SMILES string of the molecule is CN(C)C1CCc2cc(NC(=O)NCc3ccc(C(=O)O)cc3)ccc21. The Bertz CT molecular complexity index is 816. The van der Waals surface area contributed by atoms with Crippen LogP contribution in [0.25, 0.3) is 0 Å². The predicted octanol–water partition coefficient (Wildman–Crippen LogP) is 3.26. The number of nitrogens with one attached hydrogen (secondary N) is 2. The van der Waals surface area contributed by atoms with Gasteiger partial charge in [0, 0.05) is 18.3 Å². The average Bonchev–Trinajstić information content (AvgIpc) is 3.03. The fourth-order valence-corrected chi connectivity index (χ4v) is 3.33. The number of carbonyl (C=O) groups excluding carboxylic acids is 1. The lowest BCUT2D eigenvalue weighted by atomic mass is 10.1. The lowest BCUT2D eigenvalue weighted by Crippen LogP contribution is -2.28. The van der Waals surface area contributed by atoms with Gasteiger partial charge in [0.2, 0.25) is 0 Å². The van der Waals surface area contributed by atoms with E-state index in [2.05, 4.69) is 35.7 Å². The van der Waals surface area contributed by atoms with Gasteiger partial charge in [-0.1, -0.05) is 18.2 Å². The van der Waals surface area contributed by atoms with Gasteiger partial charge < -0.3 is 20.6 Å². The van der Waals surface area contributed by atoms with Crippen LogP contribution in [0.2, 0.25) is 0 Å². The number of carboxylic acids is 1. The van der Waals surface area contributed by atoms with Gasteiger partial charge in [0.05, 0.1) is 5.56 Å². The Balaban J connectivity index is 1.56. The van der Waals surface area contributed by atoms with E-state index in [1.54, 1.807) is 12.1 Å². The Kier molecular flexibility index (Phi) is 5.23. The highest BCUT2D eigenvalue weighted by atomic mass is 16.4. The van der Waals surface area contributed by atoms with Crippen LogP contribution < -0.4 is 10.6 Å². The number of hydrogen-bond acceptors (Lipinski definition) is 3. The molecule has 0 fully saturated rings. The number of aryl methyl sites for hydroxylation is 1. The molecule has 3 rings (SSSR count). The monoisotopic (exact) mass is 353 g/mol. The molecular formula is C20H23N3O3. The van der Waals surface area contributed by atoms with Crippen molar-refractivity contribution in [1.82, 2.24) is 10.2 Å². The van der Waals surface area contributed by atoms with Crippen molar-refractivity contribution in [1.29, 1.82) is 0 Å². The van der Waals surface area contributed by atoms with Gasteiger partial charge in [-0.05, 0) is 67.9 Å². The van der Waals surface area contributed by atoms with E-state index in [1.165, 1.54) is 23.3 Å². The topological polar surface area (TPSA) is 81.7 Å². The lowest BCUT2D eigenvalue weighted by molar-refractivity contribution is 0.0697. The fourth-order valence-electron chi connectivity index (χ4n) is 3.33. The number of anilines is 1. The quantitative estimate of drug-likeness (QED) is 0.771. The Morgan fingerprint density at radius 3 is 2.54 bits per heavy atom. The molecular weight excluding hydrogens is 330 g/mol. The summed E-state index contributed by atoms with van der Waals surface area (Å²) in [5.74, 6) is -0.963. The van der Waals surface area contributed by atoms with Gasteiger partial charge in [-0.25, -0.2) is 9.59 Å². The molecule has 1 atom stereocenters. The van der Waals surface area contributed by atoms with Gasteiger partial charge >= 0.3 is 12.0 Å². The highest BCUT2D eigenvalue weighted by molar-refractivity contribution is 5.89. The number of aromatic carboxylic acids is 1. The molecule has 0 spiro atoms. The number of rotatable bonds is 5. The summed E-state index contributed by atoms with van der Waals surface area (Å²) >= 11 is 0. The summed E-state index contributed by atoms with van der Waals surface area (Å²) in [7, 11) is 4.17. The maximum absolute atomic E-state index is 12.1. The summed E-state index contributed by atoms with van der Waals surface area (Å²) in [4.78, 5) is 25.2. The molecule has 0 bridgehead atoms. The van der Waals surface area contributed by atoms with Crippen LogP contribution >= 0.6 is 0 Å². The first-order valence-electron chi connectivity index (χ1n) is 8.60. The summed E-state index contributed by atoms with van der Waals surface area (Å²) in [6.45, 7) is 0.333. The average molecular weight is 353 g/mol. The van der Waals surface area contributed by atoms with Crippen LogP contribution in [0.1, 0.15) is 39.5 Å². The van der Waals surface area contributed by atoms with E-state index in [0.29, 0.717) is 12.6 Å². The van der Waals surface area contributed by atoms with E-state index in [1.807, 2.05) is 12.1 Å². The molecule has 6 nitrogen and oxygen atoms in total. The molecule has 3 N–H and O–H groups in total. The van der Waals surface area contributed by atoms with Crippen molar-refractivity contribution in [2.24, 2.45) is 0 Å². The van der Waals surface area contributed by atoms with Crippen LogP contribution in [0, 0.1) is 0 Å². The molecule has 0 radical (unpaired) electrons. The van der Waals surface area contributed by atoms with Crippen molar-refractivity contribution < 1.29 is 14.7 Å². The summed E-state index contributed by atoms with van der Waals surface area (Å²) in [5, 5.41) is 14.5. The van der Waals surface area contributed by atoms with E-state index in [4.69, 9.17) is 5.11 Å². The number of benzene rings is 2. The zero-order valence-corrected chi connectivity index (χ0v) is 15.0. The molecule has 2 aromatic carbocycles. The molecule has 2 amide bonds. The van der Waals surface area contributed by atoms with Crippen LogP contribution in [0.4, 0.5) is 10.5 Å². The number of carboxylic acid groups (broad SMARTS) is 1. The standard InChI is InChI=1S/C20H23N3O3/c1-23(2)18-10-7-15-11-16(8-9-17(15)18)22-20(26)21-12-13-3-5-14(6-4-13)19(24)25/h3-6,8-9,11,18H,7,10,12H2,1-2H3,(H,24,25)(H2,21,22,26). The minimum absolute atomic E-state index is 0.229. The van der Waals surface area contributed by atoms with Gasteiger partial charge in [0.1, 0.15) is 0 Å². The highest BCUT2D eigenvalue weighted by Crippen LogP contribution is 2.35. The van der Waals surface area contributed by atoms with Crippen LogP contribution in [0.15, 0.2) is 42.5 Å². The Hall–Kier alpha value is -2.86. The molecule has 26 heavy (non-hydrogen) atoms. The lowest BCUT2D eigenvalue weighted by Gasteiger charge is -2.20. The minimum atomic E-state index is -0.963. The minimum Gasteiger partial charge on any atom is -0.478 e. The van der Waals surface area contributed by atoms with Crippen molar-refractivity contribution >= 4 is 17.7 Å². The molecule has 0 aromatic heterocycles. The van der Waals surface area contributed by atoms with Crippen LogP contribution in [0.3, 0.4) is 0 Å². The molecule has 0 saturated carbocycles. The van der Waals surface area contributed by atoms with Gasteiger partial charge in [-0.15, -0.1) is 0 Å². The van der Waals surface area contributed by atoms with Crippen LogP contribution in [-0.4, -0.2) is 36.1 Å². The van der Waals surface area contributed by atoms with Crippen molar-refractivity contribution in [3.8, 4) is 0 Å². The number of hydrogen-bond donors (Lipinski definition) is 3. The van der Waals surface area contributed by atoms with Crippen LogP contribution in [-0.2, 0) is 13.0 Å².